The average molecular weight is 275 g/mol. The van der Waals surface area contributed by atoms with Crippen LogP contribution >= 0.6 is 0 Å². The zero-order valence-electron chi connectivity index (χ0n) is 11.9. The lowest BCUT2D eigenvalue weighted by Crippen LogP contribution is -2.29. The molecule has 1 atom stereocenters. The fraction of sp³-hybridized carbons (Fsp3) is 0.500. The number of methoxy groups -OCH3 is 1. The van der Waals surface area contributed by atoms with Gasteiger partial charge in [0.05, 0.1) is 12.7 Å². The van der Waals surface area contributed by atoms with Crippen molar-refractivity contribution in [2.75, 3.05) is 13.7 Å². The summed E-state index contributed by atoms with van der Waals surface area (Å²) >= 11 is 0. The summed E-state index contributed by atoms with van der Waals surface area (Å²) in [5.74, 6) is -0.104. The van der Waals surface area contributed by atoms with E-state index >= 15 is 0 Å². The van der Waals surface area contributed by atoms with E-state index in [1.54, 1.807) is 6.07 Å². The third-order valence-electron chi connectivity index (χ3n) is 3.83. The number of ether oxygens (including phenoxy) is 1. The van der Waals surface area contributed by atoms with Crippen LogP contribution in [0.4, 0.5) is 0 Å². The molecule has 0 aliphatic carbocycles. The first-order valence-electron chi connectivity index (χ1n) is 7.16. The lowest BCUT2D eigenvalue weighted by atomic mass is 9.93. The molecule has 1 aliphatic heterocycles. The van der Waals surface area contributed by atoms with E-state index in [0.717, 1.165) is 44.2 Å². The van der Waals surface area contributed by atoms with Gasteiger partial charge in [0.25, 0.3) is 0 Å². The van der Waals surface area contributed by atoms with E-state index in [2.05, 4.69) is 5.32 Å². The smallest absolute Gasteiger partial charge is 0.338 e. The SMILES string of the molecule is COC(=O)c1ccccc1CCC1CCCCNC1=O. The second-order valence-electron chi connectivity index (χ2n) is 5.17. The number of amides is 1. The van der Waals surface area contributed by atoms with E-state index in [9.17, 15) is 9.59 Å². The highest BCUT2D eigenvalue weighted by molar-refractivity contribution is 5.91. The van der Waals surface area contributed by atoms with Crippen molar-refractivity contribution in [2.24, 2.45) is 5.92 Å². The number of carbonyl (C=O) groups is 2. The first-order valence-corrected chi connectivity index (χ1v) is 7.16. The maximum absolute atomic E-state index is 11.9. The van der Waals surface area contributed by atoms with Crippen molar-refractivity contribution in [3.63, 3.8) is 0 Å². The fourth-order valence-corrected chi connectivity index (χ4v) is 2.66. The number of carbonyl (C=O) groups excluding carboxylic acids is 2. The monoisotopic (exact) mass is 275 g/mol. The highest BCUT2D eigenvalue weighted by Gasteiger charge is 2.21. The van der Waals surface area contributed by atoms with Gasteiger partial charge < -0.3 is 10.1 Å². The molecule has 1 aliphatic rings. The molecule has 4 heteroatoms. The predicted molar refractivity (Wildman–Crippen MR) is 76.5 cm³/mol. The zero-order chi connectivity index (χ0) is 14.4. The standard InChI is InChI=1S/C16H21NO3/c1-20-16(19)14-8-3-2-6-12(14)9-10-13-7-4-5-11-17-15(13)18/h2-3,6,8,13H,4-5,7,9-11H2,1H3,(H,17,18). The molecule has 1 aromatic carbocycles. The molecule has 1 fully saturated rings. The summed E-state index contributed by atoms with van der Waals surface area (Å²) in [5.41, 5.74) is 1.56. The first-order chi connectivity index (χ1) is 9.72. The summed E-state index contributed by atoms with van der Waals surface area (Å²) in [6.45, 7) is 0.786. The largest absolute Gasteiger partial charge is 0.465 e. The van der Waals surface area contributed by atoms with Crippen LogP contribution < -0.4 is 5.32 Å². The Hall–Kier alpha value is -1.84. The normalized spacial score (nSPS) is 19.1. The number of rotatable bonds is 4. The molecule has 1 unspecified atom stereocenters. The van der Waals surface area contributed by atoms with Gasteiger partial charge in [0.15, 0.2) is 0 Å². The minimum Gasteiger partial charge on any atom is -0.465 e. The average Bonchev–Trinajstić information content (AvgIpc) is 2.69. The molecule has 1 heterocycles. The Balaban J connectivity index is 2.03. The topological polar surface area (TPSA) is 55.4 Å². The van der Waals surface area contributed by atoms with Gasteiger partial charge in [-0.15, -0.1) is 0 Å². The Kier molecular flexibility index (Phi) is 5.16. The third-order valence-corrected chi connectivity index (χ3v) is 3.83. The van der Waals surface area contributed by atoms with Gasteiger partial charge in [-0.2, -0.15) is 0 Å². The van der Waals surface area contributed by atoms with Gasteiger partial charge in [-0.05, 0) is 37.3 Å². The molecule has 0 saturated carbocycles. The van der Waals surface area contributed by atoms with E-state index in [4.69, 9.17) is 4.74 Å². The first kappa shape index (κ1) is 14.6. The molecule has 4 nitrogen and oxygen atoms in total. The second-order valence-corrected chi connectivity index (χ2v) is 5.17. The molecule has 1 saturated heterocycles. The summed E-state index contributed by atoms with van der Waals surface area (Å²) in [6, 6.07) is 7.44. The van der Waals surface area contributed by atoms with Crippen LogP contribution in [0.1, 0.15) is 41.6 Å². The van der Waals surface area contributed by atoms with Gasteiger partial charge >= 0.3 is 5.97 Å². The highest BCUT2D eigenvalue weighted by Crippen LogP contribution is 2.20. The molecule has 108 valence electrons. The molecular weight excluding hydrogens is 254 g/mol. The summed E-state index contributed by atoms with van der Waals surface area (Å²) in [4.78, 5) is 23.6. The van der Waals surface area contributed by atoms with Gasteiger partial charge in [0, 0.05) is 12.5 Å². The highest BCUT2D eigenvalue weighted by atomic mass is 16.5. The number of esters is 1. The molecule has 20 heavy (non-hydrogen) atoms. The molecule has 2 rings (SSSR count). The molecule has 1 amide bonds. The molecule has 1 N–H and O–H groups in total. The Morgan fingerprint density at radius 3 is 2.95 bits per heavy atom. The van der Waals surface area contributed by atoms with Gasteiger partial charge in [-0.25, -0.2) is 4.79 Å². The van der Waals surface area contributed by atoms with Crippen molar-refractivity contribution in [3.8, 4) is 0 Å². The quantitative estimate of drug-likeness (QED) is 0.858. The summed E-state index contributed by atoms with van der Waals surface area (Å²) in [7, 11) is 1.39. The van der Waals surface area contributed by atoms with Crippen LogP contribution in [0.25, 0.3) is 0 Å². The van der Waals surface area contributed by atoms with E-state index < -0.39 is 0 Å². The third kappa shape index (κ3) is 3.59. The van der Waals surface area contributed by atoms with Crippen LogP contribution in [-0.2, 0) is 16.0 Å². The van der Waals surface area contributed by atoms with Crippen LogP contribution in [0.15, 0.2) is 24.3 Å². The van der Waals surface area contributed by atoms with Crippen molar-refractivity contribution in [3.05, 3.63) is 35.4 Å². The van der Waals surface area contributed by atoms with E-state index in [1.165, 1.54) is 7.11 Å². The Morgan fingerprint density at radius 2 is 2.15 bits per heavy atom. The number of benzene rings is 1. The van der Waals surface area contributed by atoms with E-state index in [-0.39, 0.29) is 17.8 Å². The van der Waals surface area contributed by atoms with Crippen LogP contribution in [0.2, 0.25) is 0 Å². The lowest BCUT2D eigenvalue weighted by molar-refractivity contribution is -0.124. The van der Waals surface area contributed by atoms with Crippen molar-refractivity contribution < 1.29 is 14.3 Å². The molecular formula is C16H21NO3. The van der Waals surface area contributed by atoms with Crippen molar-refractivity contribution in [2.45, 2.75) is 32.1 Å². The van der Waals surface area contributed by atoms with Crippen LogP contribution in [0, 0.1) is 5.92 Å². The van der Waals surface area contributed by atoms with E-state index in [0.29, 0.717) is 5.56 Å². The number of hydrogen-bond acceptors (Lipinski definition) is 3. The minimum atomic E-state index is -0.314. The minimum absolute atomic E-state index is 0.0585. The second kappa shape index (κ2) is 7.08. The Bertz CT molecular complexity index is 484. The van der Waals surface area contributed by atoms with Crippen molar-refractivity contribution in [1.29, 1.82) is 0 Å². The van der Waals surface area contributed by atoms with E-state index in [1.807, 2.05) is 18.2 Å². The number of nitrogens with one attached hydrogen (secondary N) is 1. The van der Waals surface area contributed by atoms with Crippen LogP contribution in [0.3, 0.4) is 0 Å². The Morgan fingerprint density at radius 1 is 1.35 bits per heavy atom. The molecule has 0 radical (unpaired) electrons. The zero-order valence-corrected chi connectivity index (χ0v) is 11.9. The number of aryl methyl sites for hydroxylation is 1. The van der Waals surface area contributed by atoms with Gasteiger partial charge in [0.2, 0.25) is 5.91 Å². The molecule has 0 bridgehead atoms. The fourth-order valence-electron chi connectivity index (χ4n) is 2.66. The molecule has 0 spiro atoms. The Labute approximate surface area is 119 Å². The van der Waals surface area contributed by atoms with Crippen LogP contribution in [0.5, 0.6) is 0 Å². The van der Waals surface area contributed by atoms with Crippen molar-refractivity contribution in [1.82, 2.24) is 5.32 Å². The van der Waals surface area contributed by atoms with Gasteiger partial charge in [-0.1, -0.05) is 24.6 Å². The van der Waals surface area contributed by atoms with Crippen molar-refractivity contribution >= 4 is 11.9 Å². The molecule has 0 aromatic heterocycles. The van der Waals surface area contributed by atoms with Crippen LogP contribution in [-0.4, -0.2) is 25.5 Å². The van der Waals surface area contributed by atoms with Gasteiger partial charge in [-0.3, -0.25) is 4.79 Å². The molecule has 1 aromatic rings. The lowest BCUT2D eigenvalue weighted by Gasteiger charge is -2.14. The maximum atomic E-state index is 11.9. The summed E-state index contributed by atoms with van der Waals surface area (Å²) in [6.07, 6.45) is 4.58. The number of hydrogen-bond donors (Lipinski definition) is 1. The summed E-state index contributed by atoms with van der Waals surface area (Å²) < 4.78 is 4.79. The van der Waals surface area contributed by atoms with Gasteiger partial charge in [0.1, 0.15) is 0 Å². The predicted octanol–water partition coefficient (Wildman–Crippen LogP) is 2.32. The summed E-state index contributed by atoms with van der Waals surface area (Å²) in [5, 5.41) is 2.95. The maximum Gasteiger partial charge on any atom is 0.338 e.